The number of rotatable bonds is 5. The number of hydrogen-bond acceptors (Lipinski definition) is 7. The molecule has 2 aromatic carbocycles. The van der Waals surface area contributed by atoms with Crippen LogP contribution in [0.4, 0.5) is 15.9 Å². The first kappa shape index (κ1) is 22.4. The molecule has 0 spiro atoms. The molecule has 1 atom stereocenters. The third-order valence-electron chi connectivity index (χ3n) is 5.28. The Kier molecular flexibility index (Phi) is 6.36. The van der Waals surface area contributed by atoms with E-state index in [1.807, 2.05) is 11.8 Å². The zero-order valence-electron chi connectivity index (χ0n) is 17.5. The lowest BCUT2D eigenvalue weighted by molar-refractivity contribution is -0.384. The number of halogens is 2. The number of aromatic nitrogens is 2. The summed E-state index contributed by atoms with van der Waals surface area (Å²) in [6.07, 6.45) is 1.37. The topological polar surface area (TPSA) is 102 Å². The molecule has 9 nitrogen and oxygen atoms in total. The van der Waals surface area contributed by atoms with Crippen molar-refractivity contribution >= 4 is 29.0 Å². The predicted molar refractivity (Wildman–Crippen MR) is 119 cm³/mol. The summed E-state index contributed by atoms with van der Waals surface area (Å²) in [5.74, 6) is 0.527. The summed E-state index contributed by atoms with van der Waals surface area (Å²) in [4.78, 5) is 35.4. The normalized spacial score (nSPS) is 15.9. The second-order valence-corrected chi connectivity index (χ2v) is 7.90. The maximum atomic E-state index is 13.4. The molecule has 0 N–H and O–H groups in total. The average Bonchev–Trinajstić information content (AvgIpc) is 2.81. The summed E-state index contributed by atoms with van der Waals surface area (Å²) in [5.41, 5.74) is 0.339. The highest BCUT2D eigenvalue weighted by Crippen LogP contribution is 2.27. The molecule has 1 aliphatic rings. The van der Waals surface area contributed by atoms with Crippen LogP contribution in [0.2, 0.25) is 5.02 Å². The number of ether oxygens (including phenoxy) is 1. The summed E-state index contributed by atoms with van der Waals surface area (Å²) in [5, 5.41) is 10.8. The molecule has 1 aromatic heterocycles. The molecule has 2 heterocycles. The van der Waals surface area contributed by atoms with Crippen LogP contribution in [0.1, 0.15) is 17.3 Å². The molecule has 11 heteroatoms. The summed E-state index contributed by atoms with van der Waals surface area (Å²) < 4.78 is 19.0. The van der Waals surface area contributed by atoms with E-state index in [9.17, 15) is 19.3 Å². The van der Waals surface area contributed by atoms with Crippen LogP contribution in [-0.2, 0) is 0 Å². The number of carbonyl (C=O) groups is 1. The van der Waals surface area contributed by atoms with E-state index in [2.05, 4.69) is 9.97 Å². The van der Waals surface area contributed by atoms with E-state index in [1.165, 1.54) is 48.8 Å². The lowest BCUT2D eigenvalue weighted by atomic mass is 10.1. The lowest BCUT2D eigenvalue weighted by Crippen LogP contribution is -2.54. The fourth-order valence-electron chi connectivity index (χ4n) is 3.58. The highest BCUT2D eigenvalue weighted by Gasteiger charge is 2.29. The molecule has 1 saturated heterocycles. The van der Waals surface area contributed by atoms with Gasteiger partial charge in [0.25, 0.3) is 11.6 Å². The van der Waals surface area contributed by atoms with Crippen molar-refractivity contribution in [2.75, 3.05) is 24.5 Å². The third kappa shape index (κ3) is 5.01. The van der Waals surface area contributed by atoms with Crippen molar-refractivity contribution in [1.82, 2.24) is 14.9 Å². The van der Waals surface area contributed by atoms with Gasteiger partial charge in [-0.15, -0.1) is 0 Å². The molecular weight excluding hydrogens is 453 g/mol. The van der Waals surface area contributed by atoms with Crippen molar-refractivity contribution in [2.24, 2.45) is 0 Å². The molecule has 0 bridgehead atoms. The average molecular weight is 472 g/mol. The minimum absolute atomic E-state index is 0.0515. The minimum atomic E-state index is -0.539. The molecule has 0 saturated carbocycles. The summed E-state index contributed by atoms with van der Waals surface area (Å²) >= 11 is 5.80. The van der Waals surface area contributed by atoms with Crippen molar-refractivity contribution in [3.63, 3.8) is 0 Å². The van der Waals surface area contributed by atoms with Gasteiger partial charge in [0.15, 0.2) is 0 Å². The van der Waals surface area contributed by atoms with E-state index in [1.54, 1.807) is 11.0 Å². The lowest BCUT2D eigenvalue weighted by Gasteiger charge is -2.40. The van der Waals surface area contributed by atoms with Crippen LogP contribution in [0, 0.1) is 15.9 Å². The molecule has 3 aromatic rings. The fourth-order valence-corrected chi connectivity index (χ4v) is 3.75. The van der Waals surface area contributed by atoms with Crippen LogP contribution in [0.25, 0.3) is 0 Å². The van der Waals surface area contributed by atoms with Crippen molar-refractivity contribution in [2.45, 2.75) is 13.0 Å². The molecular formula is C22H19ClFN5O4. The number of nitro benzene ring substituents is 1. The standard InChI is InChI=1S/C22H19ClFN5O4/c1-14-12-27(8-9-28(14)22(30)15-2-4-16(5-3-15)29(31)32)20-11-21(26-13-25-20)33-17-6-7-19(24)18(23)10-17/h2-7,10-11,13-14H,8-9,12H2,1H3. The molecule has 170 valence electrons. The highest BCUT2D eigenvalue weighted by molar-refractivity contribution is 6.30. The van der Waals surface area contributed by atoms with Crippen molar-refractivity contribution < 1.29 is 18.8 Å². The van der Waals surface area contributed by atoms with Gasteiger partial charge in [-0.05, 0) is 31.2 Å². The Balaban J connectivity index is 1.43. The molecule has 33 heavy (non-hydrogen) atoms. The van der Waals surface area contributed by atoms with Gasteiger partial charge in [0, 0.05) is 55.5 Å². The van der Waals surface area contributed by atoms with Crippen LogP contribution in [0.15, 0.2) is 54.9 Å². The number of benzene rings is 2. The first-order valence-electron chi connectivity index (χ1n) is 10.1. The van der Waals surface area contributed by atoms with Gasteiger partial charge >= 0.3 is 0 Å². The number of anilines is 1. The summed E-state index contributed by atoms with van der Waals surface area (Å²) in [6.45, 7) is 3.43. The van der Waals surface area contributed by atoms with Crippen LogP contribution >= 0.6 is 11.6 Å². The zero-order valence-corrected chi connectivity index (χ0v) is 18.3. The Morgan fingerprint density at radius 2 is 1.94 bits per heavy atom. The molecule has 1 unspecified atom stereocenters. The van der Waals surface area contributed by atoms with E-state index in [0.29, 0.717) is 36.8 Å². The number of nitro groups is 1. The van der Waals surface area contributed by atoms with E-state index in [4.69, 9.17) is 16.3 Å². The largest absolute Gasteiger partial charge is 0.439 e. The number of carbonyl (C=O) groups excluding carboxylic acids is 1. The van der Waals surface area contributed by atoms with Crippen LogP contribution in [0.3, 0.4) is 0 Å². The van der Waals surface area contributed by atoms with Gasteiger partial charge < -0.3 is 14.5 Å². The fraction of sp³-hybridized carbons (Fsp3) is 0.227. The van der Waals surface area contributed by atoms with Gasteiger partial charge in [0.1, 0.15) is 23.7 Å². The van der Waals surface area contributed by atoms with E-state index in [0.717, 1.165) is 0 Å². The molecule has 1 aliphatic heterocycles. The first-order chi connectivity index (χ1) is 15.8. The maximum Gasteiger partial charge on any atom is 0.269 e. The minimum Gasteiger partial charge on any atom is -0.439 e. The van der Waals surface area contributed by atoms with Crippen molar-refractivity contribution in [1.29, 1.82) is 0 Å². The second kappa shape index (κ2) is 9.37. The Morgan fingerprint density at radius 1 is 1.18 bits per heavy atom. The molecule has 1 fully saturated rings. The Bertz CT molecular complexity index is 1190. The number of non-ortho nitro benzene ring substituents is 1. The van der Waals surface area contributed by atoms with Gasteiger partial charge in [0.2, 0.25) is 5.88 Å². The predicted octanol–water partition coefficient (Wildman–Crippen LogP) is 4.32. The Labute approximate surface area is 193 Å². The zero-order chi connectivity index (χ0) is 23.5. The van der Waals surface area contributed by atoms with Gasteiger partial charge in [-0.1, -0.05) is 11.6 Å². The Morgan fingerprint density at radius 3 is 2.61 bits per heavy atom. The molecule has 0 radical (unpaired) electrons. The van der Waals surface area contributed by atoms with Crippen molar-refractivity contribution in [3.05, 3.63) is 81.4 Å². The molecule has 1 amide bonds. The quantitative estimate of drug-likeness (QED) is 0.403. The first-order valence-corrected chi connectivity index (χ1v) is 10.4. The van der Waals surface area contributed by atoms with Crippen LogP contribution in [-0.4, -0.2) is 51.4 Å². The second-order valence-electron chi connectivity index (χ2n) is 7.49. The van der Waals surface area contributed by atoms with Gasteiger partial charge in [-0.2, -0.15) is 0 Å². The summed E-state index contributed by atoms with van der Waals surface area (Å²) in [7, 11) is 0. The summed E-state index contributed by atoms with van der Waals surface area (Å²) in [6, 6.07) is 11.1. The van der Waals surface area contributed by atoms with Crippen molar-refractivity contribution in [3.8, 4) is 11.6 Å². The molecule has 0 aliphatic carbocycles. The van der Waals surface area contributed by atoms with E-state index < -0.39 is 10.7 Å². The number of piperazine rings is 1. The van der Waals surface area contributed by atoms with Gasteiger partial charge in [-0.25, -0.2) is 14.4 Å². The monoisotopic (exact) mass is 471 g/mol. The number of amides is 1. The number of nitrogens with zero attached hydrogens (tertiary/aromatic N) is 5. The van der Waals surface area contributed by atoms with Crippen LogP contribution in [0.5, 0.6) is 11.6 Å². The van der Waals surface area contributed by atoms with Crippen LogP contribution < -0.4 is 9.64 Å². The Hall–Kier alpha value is -3.79. The maximum absolute atomic E-state index is 13.4. The SMILES string of the molecule is CC1CN(c2cc(Oc3ccc(F)c(Cl)c3)ncn2)CCN1C(=O)c1ccc([N+](=O)[O-])cc1. The molecule has 4 rings (SSSR count). The van der Waals surface area contributed by atoms with Gasteiger partial charge in [-0.3, -0.25) is 14.9 Å². The smallest absolute Gasteiger partial charge is 0.269 e. The third-order valence-corrected chi connectivity index (χ3v) is 5.57. The van der Waals surface area contributed by atoms with E-state index >= 15 is 0 Å². The highest BCUT2D eigenvalue weighted by atomic mass is 35.5. The number of hydrogen-bond donors (Lipinski definition) is 0. The van der Waals surface area contributed by atoms with Gasteiger partial charge in [0.05, 0.1) is 9.95 Å². The van der Waals surface area contributed by atoms with E-state index in [-0.39, 0.29) is 28.5 Å².